The van der Waals surface area contributed by atoms with E-state index < -0.39 is 10.0 Å². The van der Waals surface area contributed by atoms with Crippen molar-refractivity contribution < 1.29 is 17.9 Å². The zero-order valence-corrected chi connectivity index (χ0v) is 16.1. The van der Waals surface area contributed by atoms with Crippen LogP contribution < -0.4 is 10.1 Å². The average Bonchev–Trinajstić information content (AvgIpc) is 2.70. The van der Waals surface area contributed by atoms with Crippen LogP contribution >= 0.6 is 0 Å². The maximum atomic E-state index is 12.7. The van der Waals surface area contributed by atoms with Crippen molar-refractivity contribution >= 4 is 21.6 Å². The van der Waals surface area contributed by atoms with Crippen molar-refractivity contribution in [2.24, 2.45) is 5.92 Å². The molecule has 144 valence electrons. The van der Waals surface area contributed by atoms with Crippen molar-refractivity contribution in [1.82, 2.24) is 4.31 Å². The number of amides is 1. The number of anilines is 1. The van der Waals surface area contributed by atoms with Crippen LogP contribution in [0.4, 0.5) is 5.69 Å². The van der Waals surface area contributed by atoms with E-state index in [4.69, 9.17) is 4.74 Å². The smallest absolute Gasteiger partial charge is 0.228 e. The highest BCUT2D eigenvalue weighted by atomic mass is 32.2. The van der Waals surface area contributed by atoms with E-state index in [9.17, 15) is 13.2 Å². The maximum absolute atomic E-state index is 12.7. The number of hydrogen-bond donors (Lipinski definition) is 1. The number of nitrogens with zero attached hydrogens (tertiary/aromatic N) is 1. The topological polar surface area (TPSA) is 75.7 Å². The fourth-order valence-electron chi connectivity index (χ4n) is 3.10. The average molecular weight is 388 g/mol. The highest BCUT2D eigenvalue weighted by molar-refractivity contribution is 7.89. The largest absolute Gasteiger partial charge is 0.455 e. The summed E-state index contributed by atoms with van der Waals surface area (Å²) in [5, 5.41) is 2.91. The summed E-state index contributed by atoms with van der Waals surface area (Å²) in [7, 11) is -3.28. The first-order chi connectivity index (χ1) is 13.0. The maximum Gasteiger partial charge on any atom is 0.228 e. The van der Waals surface area contributed by atoms with E-state index in [2.05, 4.69) is 5.32 Å². The van der Waals surface area contributed by atoms with Crippen LogP contribution in [0, 0.1) is 5.92 Å². The predicted molar refractivity (Wildman–Crippen MR) is 105 cm³/mol. The number of nitrogens with one attached hydrogen (secondary N) is 1. The van der Waals surface area contributed by atoms with Crippen molar-refractivity contribution in [3.8, 4) is 11.5 Å². The highest BCUT2D eigenvalue weighted by Crippen LogP contribution is 2.30. The summed E-state index contributed by atoms with van der Waals surface area (Å²) in [6.45, 7) is 2.33. The van der Waals surface area contributed by atoms with Crippen molar-refractivity contribution in [3.63, 3.8) is 0 Å². The number of sulfonamides is 1. The van der Waals surface area contributed by atoms with Gasteiger partial charge in [-0.25, -0.2) is 12.7 Å². The fourth-order valence-corrected chi connectivity index (χ4v) is 4.28. The third kappa shape index (κ3) is 4.87. The molecule has 1 aliphatic rings. The molecule has 0 bridgehead atoms. The van der Waals surface area contributed by atoms with Crippen molar-refractivity contribution in [2.75, 3.05) is 24.2 Å². The van der Waals surface area contributed by atoms with Crippen LogP contribution in [0.15, 0.2) is 54.6 Å². The molecule has 0 aromatic heterocycles. The lowest BCUT2D eigenvalue weighted by atomic mass is 9.98. The number of para-hydroxylation sites is 3. The lowest BCUT2D eigenvalue weighted by Crippen LogP contribution is -2.44. The Morgan fingerprint density at radius 1 is 1.15 bits per heavy atom. The first-order valence-electron chi connectivity index (χ1n) is 9.10. The van der Waals surface area contributed by atoms with Gasteiger partial charge in [-0.05, 0) is 44.0 Å². The highest BCUT2D eigenvalue weighted by Gasteiger charge is 2.31. The molecule has 0 saturated carbocycles. The molecule has 0 spiro atoms. The molecule has 0 aliphatic carbocycles. The van der Waals surface area contributed by atoms with Crippen LogP contribution in [0.3, 0.4) is 0 Å². The van der Waals surface area contributed by atoms with Gasteiger partial charge in [-0.15, -0.1) is 0 Å². The third-order valence-electron chi connectivity index (χ3n) is 4.63. The van der Waals surface area contributed by atoms with Gasteiger partial charge >= 0.3 is 0 Å². The zero-order valence-electron chi connectivity index (χ0n) is 15.3. The van der Waals surface area contributed by atoms with Crippen LogP contribution in [-0.2, 0) is 14.8 Å². The van der Waals surface area contributed by atoms with Gasteiger partial charge < -0.3 is 10.1 Å². The molecule has 3 rings (SSSR count). The van der Waals surface area contributed by atoms with E-state index in [1.165, 1.54) is 4.31 Å². The number of ether oxygens (including phenoxy) is 1. The van der Waals surface area contributed by atoms with Gasteiger partial charge in [-0.1, -0.05) is 30.3 Å². The van der Waals surface area contributed by atoms with Gasteiger partial charge in [0, 0.05) is 13.1 Å². The van der Waals surface area contributed by atoms with E-state index in [0.717, 1.165) is 0 Å². The zero-order chi connectivity index (χ0) is 19.3. The Kier molecular flexibility index (Phi) is 6.13. The predicted octanol–water partition coefficient (Wildman–Crippen LogP) is 3.48. The molecule has 6 nitrogen and oxygen atoms in total. The summed E-state index contributed by atoms with van der Waals surface area (Å²) >= 11 is 0. The van der Waals surface area contributed by atoms with Gasteiger partial charge in [0.05, 0.1) is 17.4 Å². The minimum atomic E-state index is -3.28. The Balaban J connectivity index is 1.71. The monoisotopic (exact) mass is 388 g/mol. The molecule has 0 radical (unpaired) electrons. The molecule has 1 saturated heterocycles. The Morgan fingerprint density at radius 2 is 1.85 bits per heavy atom. The Morgan fingerprint density at radius 3 is 2.59 bits per heavy atom. The van der Waals surface area contributed by atoms with E-state index in [0.29, 0.717) is 36.6 Å². The SMILES string of the molecule is CCS(=O)(=O)N1CCC[C@@H](C(=O)Nc2ccccc2Oc2ccccc2)C1. The quantitative estimate of drug-likeness (QED) is 0.822. The standard InChI is InChI=1S/C20H24N2O4S/c1-2-27(24,25)22-14-8-9-16(15-22)20(23)21-18-12-6-7-13-19(18)26-17-10-4-3-5-11-17/h3-7,10-13,16H,2,8-9,14-15H2,1H3,(H,21,23)/t16-/m1/s1. The molecule has 1 atom stereocenters. The minimum absolute atomic E-state index is 0.0507. The summed E-state index contributed by atoms with van der Waals surface area (Å²) in [4.78, 5) is 12.7. The van der Waals surface area contributed by atoms with Gasteiger partial charge in [0.2, 0.25) is 15.9 Å². The van der Waals surface area contributed by atoms with Crippen LogP contribution in [-0.4, -0.2) is 37.5 Å². The molecule has 1 fully saturated rings. The molecule has 1 amide bonds. The Labute approximate surface area is 160 Å². The summed E-state index contributed by atoms with van der Waals surface area (Å²) in [6, 6.07) is 16.6. The second-order valence-corrected chi connectivity index (χ2v) is 8.76. The van der Waals surface area contributed by atoms with Gasteiger partial charge in [0.1, 0.15) is 5.75 Å². The molecular weight excluding hydrogens is 364 g/mol. The van der Waals surface area contributed by atoms with Gasteiger partial charge in [0.25, 0.3) is 0 Å². The van der Waals surface area contributed by atoms with Crippen molar-refractivity contribution in [1.29, 1.82) is 0 Å². The molecule has 1 N–H and O–H groups in total. The number of carbonyl (C=O) groups excluding carboxylic acids is 1. The molecular formula is C20H24N2O4S. The number of hydrogen-bond acceptors (Lipinski definition) is 4. The van der Waals surface area contributed by atoms with E-state index in [1.54, 1.807) is 19.1 Å². The van der Waals surface area contributed by atoms with Crippen LogP contribution in [0.25, 0.3) is 0 Å². The molecule has 7 heteroatoms. The van der Waals surface area contributed by atoms with E-state index in [1.807, 2.05) is 42.5 Å². The van der Waals surface area contributed by atoms with Crippen LogP contribution in [0.5, 0.6) is 11.5 Å². The fraction of sp³-hybridized carbons (Fsp3) is 0.350. The summed E-state index contributed by atoms with van der Waals surface area (Å²) in [5.74, 6) is 0.720. The first kappa shape index (κ1) is 19.4. The molecule has 1 heterocycles. The van der Waals surface area contributed by atoms with Gasteiger partial charge in [-0.3, -0.25) is 4.79 Å². The molecule has 1 aliphatic heterocycles. The first-order valence-corrected chi connectivity index (χ1v) is 10.7. The lowest BCUT2D eigenvalue weighted by molar-refractivity contribution is -0.120. The normalized spacial score (nSPS) is 18.0. The van der Waals surface area contributed by atoms with Crippen LogP contribution in [0.2, 0.25) is 0 Å². The summed E-state index contributed by atoms with van der Waals surface area (Å²) < 4.78 is 31.5. The minimum Gasteiger partial charge on any atom is -0.455 e. The second-order valence-electron chi connectivity index (χ2n) is 6.50. The van der Waals surface area contributed by atoms with Crippen molar-refractivity contribution in [3.05, 3.63) is 54.6 Å². The van der Waals surface area contributed by atoms with Gasteiger partial charge in [0.15, 0.2) is 5.75 Å². The lowest BCUT2D eigenvalue weighted by Gasteiger charge is -2.31. The number of carbonyl (C=O) groups is 1. The second kappa shape index (κ2) is 8.54. The van der Waals surface area contributed by atoms with E-state index >= 15 is 0 Å². The Bertz CT molecular complexity index is 884. The van der Waals surface area contributed by atoms with Crippen LogP contribution in [0.1, 0.15) is 19.8 Å². The molecule has 27 heavy (non-hydrogen) atoms. The summed E-state index contributed by atoms with van der Waals surface area (Å²) in [6.07, 6.45) is 1.35. The Hall–Kier alpha value is -2.38. The third-order valence-corrected chi connectivity index (χ3v) is 6.48. The van der Waals surface area contributed by atoms with Gasteiger partial charge in [-0.2, -0.15) is 0 Å². The molecule has 0 unspecified atom stereocenters. The summed E-state index contributed by atoms with van der Waals surface area (Å²) in [5.41, 5.74) is 0.571. The van der Waals surface area contributed by atoms with E-state index in [-0.39, 0.29) is 24.1 Å². The number of benzene rings is 2. The number of rotatable bonds is 6. The van der Waals surface area contributed by atoms with Crippen molar-refractivity contribution in [2.45, 2.75) is 19.8 Å². The number of piperidine rings is 1. The molecule has 2 aromatic rings. The molecule has 2 aromatic carbocycles.